The Morgan fingerprint density at radius 2 is 1.82 bits per heavy atom. The summed E-state index contributed by atoms with van der Waals surface area (Å²) in [4.78, 5) is 24.6. The molecule has 4 aromatic rings. The highest BCUT2D eigenvalue weighted by atomic mass is 32.2. The molecular weight excluding hydrogens is 516 g/mol. The molecule has 0 spiro atoms. The first-order chi connectivity index (χ1) is 19.1. The number of imidazole rings is 2. The third kappa shape index (κ3) is 4.52. The molecule has 0 N–H and O–H groups in total. The van der Waals surface area contributed by atoms with Crippen molar-refractivity contribution in [1.29, 1.82) is 0 Å². The van der Waals surface area contributed by atoms with Crippen molar-refractivity contribution in [2.75, 3.05) is 55.8 Å². The van der Waals surface area contributed by atoms with Crippen LogP contribution in [-0.4, -0.2) is 102 Å². The van der Waals surface area contributed by atoms with Gasteiger partial charge in [-0.05, 0) is 12.1 Å². The van der Waals surface area contributed by atoms with Gasteiger partial charge < -0.3 is 18.9 Å². The van der Waals surface area contributed by atoms with Gasteiger partial charge >= 0.3 is 0 Å². The van der Waals surface area contributed by atoms with Crippen LogP contribution in [0.15, 0.2) is 24.3 Å². The zero-order chi connectivity index (χ0) is 26.5. The van der Waals surface area contributed by atoms with Gasteiger partial charge in [-0.25, -0.2) is 4.98 Å². The molecule has 12 heteroatoms. The van der Waals surface area contributed by atoms with E-state index < -0.39 is 11.2 Å². The van der Waals surface area contributed by atoms with Gasteiger partial charge in [-0.3, -0.25) is 14.0 Å². The van der Waals surface area contributed by atoms with Gasteiger partial charge in [0.1, 0.15) is 23.4 Å². The molecule has 7 rings (SSSR count). The number of nitrogens with zero attached hydrogens (tertiary/aromatic N) is 8. The molecule has 0 amide bonds. The van der Waals surface area contributed by atoms with Crippen molar-refractivity contribution in [1.82, 2.24) is 34.0 Å². The predicted octanol–water partition coefficient (Wildman–Crippen LogP) is 2.08. The summed E-state index contributed by atoms with van der Waals surface area (Å²) in [5, 5.41) is 0. The van der Waals surface area contributed by atoms with Crippen LogP contribution < -0.4 is 9.64 Å². The Hall–Kier alpha value is -2.93. The summed E-state index contributed by atoms with van der Waals surface area (Å²) in [5.41, 5.74) is 3.40. The lowest BCUT2D eigenvalue weighted by Crippen LogP contribution is -2.59. The molecule has 0 unspecified atom stereocenters. The minimum atomic E-state index is -0.638. The van der Waals surface area contributed by atoms with Gasteiger partial charge in [0.05, 0.1) is 24.2 Å². The number of aryl methyl sites for hydroxylation is 2. The average molecular weight is 551 g/mol. The lowest BCUT2D eigenvalue weighted by atomic mass is 10.0. The number of morpholine rings is 1. The van der Waals surface area contributed by atoms with E-state index in [0.29, 0.717) is 31.2 Å². The monoisotopic (exact) mass is 550 g/mol. The van der Waals surface area contributed by atoms with E-state index in [0.717, 1.165) is 90.8 Å². The molecule has 1 aromatic carbocycles. The number of para-hydroxylation sites is 2. The predicted molar refractivity (Wildman–Crippen MR) is 150 cm³/mol. The molecule has 0 saturated carbocycles. The fraction of sp³-hybridized carbons (Fsp3) is 0.556. The standard InChI is InChI=1S/C27H34N8O3S/c1-3-22-28-20-6-4-5-7-21(20)35(22)26-30-24-23(25(31-26)33-10-12-37-13-11-33)29-27(32(24)2)38-19-16-34(17-19)18-8-14-39(36)15-9-18/h4-7,18-19H,3,8-17H2,1-2H3/t18-,39-. The van der Waals surface area contributed by atoms with E-state index in [1.807, 2.05) is 29.8 Å². The summed E-state index contributed by atoms with van der Waals surface area (Å²) in [6.07, 6.45) is 2.86. The van der Waals surface area contributed by atoms with Crippen LogP contribution in [0.1, 0.15) is 25.6 Å². The molecular formula is C27H34N8O3S. The Morgan fingerprint density at radius 3 is 2.59 bits per heavy atom. The summed E-state index contributed by atoms with van der Waals surface area (Å²) in [7, 11) is 1.96. The summed E-state index contributed by atoms with van der Waals surface area (Å²) in [6.45, 7) is 6.63. The lowest BCUT2D eigenvalue weighted by molar-refractivity contribution is -0.0173. The van der Waals surface area contributed by atoms with Gasteiger partial charge in [-0.15, -0.1) is 0 Å². The average Bonchev–Trinajstić information content (AvgIpc) is 3.48. The Bertz CT molecular complexity index is 1490. The number of hydrogen-bond donors (Lipinski definition) is 0. The fourth-order valence-electron chi connectivity index (χ4n) is 5.89. The lowest BCUT2D eigenvalue weighted by Gasteiger charge is -2.44. The van der Waals surface area contributed by atoms with Crippen molar-refractivity contribution >= 4 is 39.2 Å². The topological polar surface area (TPSA) is 109 Å². The molecule has 3 aliphatic rings. The van der Waals surface area contributed by atoms with Crippen molar-refractivity contribution in [2.24, 2.45) is 7.05 Å². The quantitative estimate of drug-likeness (QED) is 0.333. The zero-order valence-corrected chi connectivity index (χ0v) is 23.3. The van der Waals surface area contributed by atoms with E-state index in [4.69, 9.17) is 29.4 Å². The highest BCUT2D eigenvalue weighted by Gasteiger charge is 2.37. The zero-order valence-electron chi connectivity index (χ0n) is 22.5. The van der Waals surface area contributed by atoms with Crippen LogP contribution in [0.25, 0.3) is 28.1 Å². The van der Waals surface area contributed by atoms with Crippen molar-refractivity contribution in [3.8, 4) is 12.0 Å². The van der Waals surface area contributed by atoms with Crippen LogP contribution in [0.4, 0.5) is 5.82 Å². The van der Waals surface area contributed by atoms with Crippen LogP contribution >= 0.6 is 0 Å². The molecule has 3 saturated heterocycles. The molecule has 0 radical (unpaired) electrons. The van der Waals surface area contributed by atoms with Gasteiger partial charge in [0, 0.05) is 58.5 Å². The maximum Gasteiger partial charge on any atom is 0.298 e. The normalized spacial score (nSPS) is 23.0. The first-order valence-electron chi connectivity index (χ1n) is 13.9. The molecule has 3 aliphatic heterocycles. The van der Waals surface area contributed by atoms with Gasteiger partial charge in [0.25, 0.3) is 6.01 Å². The molecule has 11 nitrogen and oxygen atoms in total. The molecule has 3 aromatic heterocycles. The van der Waals surface area contributed by atoms with Crippen molar-refractivity contribution in [2.45, 2.75) is 38.3 Å². The van der Waals surface area contributed by atoms with Crippen LogP contribution in [0.5, 0.6) is 6.01 Å². The molecule has 3 fully saturated rings. The van der Waals surface area contributed by atoms with Gasteiger partial charge in [-0.2, -0.15) is 15.0 Å². The molecule has 0 atom stereocenters. The van der Waals surface area contributed by atoms with E-state index in [9.17, 15) is 4.55 Å². The SMILES string of the molecule is CCc1nc2ccccc2n1-c1nc(N2CCOCC2)c2nc(OC3CN([C@H]4CC[S@+]([O-])CC4)C3)n(C)c2n1. The van der Waals surface area contributed by atoms with Crippen LogP contribution in [0, 0.1) is 0 Å². The fourth-order valence-corrected chi connectivity index (χ4v) is 7.16. The second-order valence-electron chi connectivity index (χ2n) is 10.6. The van der Waals surface area contributed by atoms with Gasteiger partial charge in [0.2, 0.25) is 5.95 Å². The summed E-state index contributed by atoms with van der Waals surface area (Å²) < 4.78 is 27.8. The summed E-state index contributed by atoms with van der Waals surface area (Å²) >= 11 is -0.638. The number of fused-ring (bicyclic) bond motifs is 2. The van der Waals surface area contributed by atoms with E-state index >= 15 is 0 Å². The molecule has 206 valence electrons. The van der Waals surface area contributed by atoms with Crippen LogP contribution in [-0.2, 0) is 29.4 Å². The number of ether oxygens (including phenoxy) is 2. The minimum Gasteiger partial charge on any atom is -0.616 e. The molecule has 39 heavy (non-hydrogen) atoms. The largest absolute Gasteiger partial charge is 0.616 e. The smallest absolute Gasteiger partial charge is 0.298 e. The van der Waals surface area contributed by atoms with E-state index in [2.05, 4.69) is 27.4 Å². The minimum absolute atomic E-state index is 0.0801. The van der Waals surface area contributed by atoms with E-state index in [1.165, 1.54) is 0 Å². The van der Waals surface area contributed by atoms with Crippen molar-refractivity contribution in [3.63, 3.8) is 0 Å². The number of aromatic nitrogens is 6. The highest BCUT2D eigenvalue weighted by Crippen LogP contribution is 2.32. The van der Waals surface area contributed by atoms with Gasteiger partial charge in [0.15, 0.2) is 17.0 Å². The maximum atomic E-state index is 11.7. The molecule has 0 bridgehead atoms. The third-order valence-corrected chi connectivity index (χ3v) is 9.51. The number of anilines is 1. The highest BCUT2D eigenvalue weighted by molar-refractivity contribution is 7.91. The van der Waals surface area contributed by atoms with Crippen molar-refractivity contribution < 1.29 is 14.0 Å². The number of hydrogen-bond acceptors (Lipinski definition) is 9. The third-order valence-electron chi connectivity index (χ3n) is 8.13. The Labute approximate surface area is 230 Å². The first kappa shape index (κ1) is 25.1. The number of rotatable bonds is 6. The second-order valence-corrected chi connectivity index (χ2v) is 12.2. The molecule has 0 aliphatic carbocycles. The van der Waals surface area contributed by atoms with E-state index in [-0.39, 0.29) is 6.10 Å². The maximum absolute atomic E-state index is 11.7. The summed E-state index contributed by atoms with van der Waals surface area (Å²) in [6, 6.07) is 9.19. The molecule has 6 heterocycles. The second kappa shape index (κ2) is 10.2. The Balaban J connectivity index is 1.24. The number of likely N-dealkylation sites (tertiary alicyclic amines) is 1. The van der Waals surface area contributed by atoms with Crippen LogP contribution in [0.3, 0.4) is 0 Å². The van der Waals surface area contributed by atoms with E-state index in [1.54, 1.807) is 0 Å². The van der Waals surface area contributed by atoms with Crippen molar-refractivity contribution in [3.05, 3.63) is 30.1 Å². The first-order valence-corrected chi connectivity index (χ1v) is 15.4. The number of benzene rings is 1. The van der Waals surface area contributed by atoms with Gasteiger partial charge in [-0.1, -0.05) is 30.2 Å². The Kier molecular flexibility index (Phi) is 6.58. The Morgan fingerprint density at radius 1 is 1.05 bits per heavy atom. The summed E-state index contributed by atoms with van der Waals surface area (Å²) in [5.74, 6) is 3.94. The van der Waals surface area contributed by atoms with Crippen LogP contribution in [0.2, 0.25) is 0 Å².